The maximum atomic E-state index is 13.3. The van der Waals surface area contributed by atoms with Crippen molar-refractivity contribution in [2.24, 2.45) is 0 Å². The van der Waals surface area contributed by atoms with Gasteiger partial charge in [0.15, 0.2) is 6.61 Å². The molecular weight excluding hydrogens is 497 g/mol. The molecular formula is C24H29Cl2N3O6. The second-order valence-corrected chi connectivity index (χ2v) is 9.58. The number of nitrogens with one attached hydrogen (secondary N) is 1. The highest BCUT2D eigenvalue weighted by molar-refractivity contribution is 6.36. The van der Waals surface area contributed by atoms with Gasteiger partial charge >= 0.3 is 5.69 Å². The van der Waals surface area contributed by atoms with Crippen LogP contribution in [0.5, 0.6) is 11.5 Å². The fourth-order valence-electron chi connectivity index (χ4n) is 3.35. The van der Waals surface area contributed by atoms with Crippen molar-refractivity contribution < 1.29 is 24.0 Å². The van der Waals surface area contributed by atoms with E-state index in [0.717, 1.165) is 0 Å². The number of nitrogens with zero attached hydrogens (tertiary/aromatic N) is 2. The largest absolute Gasteiger partial charge is 0.490 e. The Balaban J connectivity index is 2.33. The van der Waals surface area contributed by atoms with Gasteiger partial charge in [0.25, 0.3) is 5.91 Å². The Labute approximate surface area is 214 Å². The summed E-state index contributed by atoms with van der Waals surface area (Å²) in [5, 5.41) is 14.7. The van der Waals surface area contributed by atoms with Crippen molar-refractivity contribution in [2.45, 2.75) is 52.2 Å². The second-order valence-electron chi connectivity index (χ2n) is 8.76. The first-order valence-electron chi connectivity index (χ1n) is 10.9. The Morgan fingerprint density at radius 2 is 1.80 bits per heavy atom. The normalized spacial score (nSPS) is 12.0. The SMILES string of the molecule is CCC(C(=O)NC(C)(C)C)N(Cc1c(Cl)cccc1Cl)C(=O)COc1ccc([N+](=O)[O-])c(OC)c1. The monoisotopic (exact) mass is 525 g/mol. The highest BCUT2D eigenvalue weighted by atomic mass is 35.5. The van der Waals surface area contributed by atoms with E-state index in [4.69, 9.17) is 32.7 Å². The van der Waals surface area contributed by atoms with Gasteiger partial charge in [-0.05, 0) is 45.4 Å². The number of carbonyl (C=O) groups excluding carboxylic acids is 2. The lowest BCUT2D eigenvalue weighted by Gasteiger charge is -2.33. The van der Waals surface area contributed by atoms with Gasteiger partial charge in [-0.25, -0.2) is 0 Å². The summed E-state index contributed by atoms with van der Waals surface area (Å²) in [5.41, 5.74) is -0.234. The number of carbonyl (C=O) groups is 2. The van der Waals surface area contributed by atoms with Gasteiger partial charge < -0.3 is 19.7 Å². The van der Waals surface area contributed by atoms with Crippen LogP contribution >= 0.6 is 23.2 Å². The molecule has 0 spiro atoms. The summed E-state index contributed by atoms with van der Waals surface area (Å²) >= 11 is 12.7. The Morgan fingerprint density at radius 1 is 1.17 bits per heavy atom. The van der Waals surface area contributed by atoms with E-state index in [9.17, 15) is 19.7 Å². The van der Waals surface area contributed by atoms with Crippen LogP contribution in [-0.4, -0.2) is 46.9 Å². The molecule has 11 heteroatoms. The van der Waals surface area contributed by atoms with E-state index in [0.29, 0.717) is 22.0 Å². The summed E-state index contributed by atoms with van der Waals surface area (Å²) in [6.45, 7) is 6.89. The molecule has 0 radical (unpaired) electrons. The summed E-state index contributed by atoms with van der Waals surface area (Å²) in [6, 6.07) is 8.10. The Hall–Kier alpha value is -3.04. The van der Waals surface area contributed by atoms with Gasteiger partial charge in [0.05, 0.1) is 12.0 Å². The highest BCUT2D eigenvalue weighted by Crippen LogP contribution is 2.31. The molecule has 0 aromatic heterocycles. The van der Waals surface area contributed by atoms with E-state index in [2.05, 4.69) is 5.32 Å². The molecule has 0 heterocycles. The number of methoxy groups -OCH3 is 1. The lowest BCUT2D eigenvalue weighted by molar-refractivity contribution is -0.385. The number of ether oxygens (including phenoxy) is 2. The topological polar surface area (TPSA) is 111 Å². The van der Waals surface area contributed by atoms with Crippen LogP contribution in [0, 0.1) is 10.1 Å². The van der Waals surface area contributed by atoms with Crippen molar-refractivity contribution in [1.82, 2.24) is 10.2 Å². The zero-order valence-corrected chi connectivity index (χ0v) is 21.8. The van der Waals surface area contributed by atoms with Crippen molar-refractivity contribution in [1.29, 1.82) is 0 Å². The third-order valence-electron chi connectivity index (χ3n) is 4.98. The minimum absolute atomic E-state index is 0.00403. The molecule has 1 unspecified atom stereocenters. The van der Waals surface area contributed by atoms with Gasteiger partial charge in [-0.3, -0.25) is 19.7 Å². The third-order valence-corrected chi connectivity index (χ3v) is 5.69. The number of hydrogen-bond donors (Lipinski definition) is 1. The summed E-state index contributed by atoms with van der Waals surface area (Å²) in [4.78, 5) is 38.3. The third kappa shape index (κ3) is 7.73. The van der Waals surface area contributed by atoms with Crippen LogP contribution in [0.3, 0.4) is 0 Å². The molecule has 0 aliphatic rings. The minimum atomic E-state index is -0.816. The number of rotatable bonds is 10. The molecule has 9 nitrogen and oxygen atoms in total. The lowest BCUT2D eigenvalue weighted by Crippen LogP contribution is -2.54. The van der Waals surface area contributed by atoms with E-state index in [1.807, 2.05) is 20.8 Å². The zero-order valence-electron chi connectivity index (χ0n) is 20.3. The molecule has 0 fully saturated rings. The van der Waals surface area contributed by atoms with Crippen molar-refractivity contribution >= 4 is 40.7 Å². The summed E-state index contributed by atoms with van der Waals surface area (Å²) < 4.78 is 10.6. The Morgan fingerprint density at radius 3 is 2.31 bits per heavy atom. The number of nitro groups is 1. The maximum Gasteiger partial charge on any atom is 0.311 e. The van der Waals surface area contributed by atoms with E-state index in [1.54, 1.807) is 25.1 Å². The quantitative estimate of drug-likeness (QED) is 0.344. The first-order valence-corrected chi connectivity index (χ1v) is 11.6. The highest BCUT2D eigenvalue weighted by Gasteiger charge is 2.32. The number of halogens is 2. The molecule has 1 atom stereocenters. The van der Waals surface area contributed by atoms with Crippen LogP contribution in [0.4, 0.5) is 5.69 Å². The number of nitro benzene ring substituents is 1. The van der Waals surface area contributed by atoms with Crippen LogP contribution in [0.1, 0.15) is 39.7 Å². The fourth-order valence-corrected chi connectivity index (χ4v) is 3.87. The van der Waals surface area contributed by atoms with Crippen molar-refractivity contribution in [3.05, 3.63) is 62.1 Å². The molecule has 1 N–H and O–H groups in total. The summed E-state index contributed by atoms with van der Waals surface area (Å²) in [6.07, 6.45) is 0.334. The Kier molecular flexibility index (Phi) is 9.73. The van der Waals surface area contributed by atoms with E-state index >= 15 is 0 Å². The molecule has 0 saturated carbocycles. The van der Waals surface area contributed by atoms with Gasteiger partial charge in [-0.1, -0.05) is 36.2 Å². The number of amides is 2. The molecule has 2 amide bonds. The lowest BCUT2D eigenvalue weighted by atomic mass is 10.1. The van der Waals surface area contributed by atoms with Crippen molar-refractivity contribution in [3.63, 3.8) is 0 Å². The predicted molar refractivity (Wildman–Crippen MR) is 134 cm³/mol. The Bertz CT molecular complexity index is 1070. The van der Waals surface area contributed by atoms with Crippen LogP contribution < -0.4 is 14.8 Å². The van der Waals surface area contributed by atoms with Crippen LogP contribution in [-0.2, 0) is 16.1 Å². The molecule has 35 heavy (non-hydrogen) atoms. The van der Waals surface area contributed by atoms with Crippen LogP contribution in [0.2, 0.25) is 10.0 Å². The first-order chi connectivity index (χ1) is 16.4. The van der Waals surface area contributed by atoms with Crippen LogP contribution in [0.15, 0.2) is 36.4 Å². The molecule has 190 valence electrons. The second kappa shape index (κ2) is 12.1. The fraction of sp³-hybridized carbons (Fsp3) is 0.417. The van der Waals surface area contributed by atoms with Gasteiger partial charge in [-0.15, -0.1) is 0 Å². The smallest absolute Gasteiger partial charge is 0.311 e. The summed E-state index contributed by atoms with van der Waals surface area (Å²) in [7, 11) is 1.30. The van der Waals surface area contributed by atoms with Gasteiger partial charge in [0.2, 0.25) is 11.7 Å². The van der Waals surface area contributed by atoms with Crippen molar-refractivity contribution in [2.75, 3.05) is 13.7 Å². The average molecular weight is 526 g/mol. The summed E-state index contributed by atoms with van der Waals surface area (Å²) in [5.74, 6) is -0.623. The molecule has 0 aliphatic heterocycles. The van der Waals surface area contributed by atoms with E-state index in [1.165, 1.54) is 30.2 Å². The maximum absolute atomic E-state index is 13.3. The molecule has 0 saturated heterocycles. The van der Waals surface area contributed by atoms with Crippen LogP contribution in [0.25, 0.3) is 0 Å². The standard InChI is InChI=1S/C24H29Cl2N3O6/c1-6-19(23(31)27-24(2,3)4)28(13-16-17(25)8-7-9-18(16)26)22(30)14-35-15-10-11-20(29(32)33)21(12-15)34-5/h7-12,19H,6,13-14H2,1-5H3,(H,27,31). The molecule has 2 aromatic carbocycles. The molecule has 0 bridgehead atoms. The van der Waals surface area contributed by atoms with Gasteiger partial charge in [0, 0.05) is 39.8 Å². The molecule has 0 aliphatic carbocycles. The van der Waals surface area contributed by atoms with Gasteiger partial charge in [-0.2, -0.15) is 0 Å². The molecule has 2 aromatic rings. The predicted octanol–water partition coefficient (Wildman–Crippen LogP) is 5.01. The van der Waals surface area contributed by atoms with Gasteiger partial charge in [0.1, 0.15) is 11.8 Å². The van der Waals surface area contributed by atoms with Crippen molar-refractivity contribution in [3.8, 4) is 11.5 Å². The van der Waals surface area contributed by atoms with E-state index in [-0.39, 0.29) is 29.6 Å². The molecule has 2 rings (SSSR count). The van der Waals surface area contributed by atoms with E-state index < -0.39 is 29.0 Å². The minimum Gasteiger partial charge on any atom is -0.490 e. The number of hydrogen-bond acceptors (Lipinski definition) is 6. The number of benzene rings is 2. The first kappa shape index (κ1) is 28.2. The average Bonchev–Trinajstić information content (AvgIpc) is 2.77. The zero-order chi connectivity index (χ0) is 26.3.